The molecule has 0 aromatic carbocycles. The standard InChI is InChI=1S/C78H123ClF5N13O15S/c1-13-48(4)64-73(108)89(7)49(5)68(103)97-34-29-56(97)71(106)92(10)59(43-50-21-15-14-16-22-50)70(105)88(6)46-61(98)85-55(28-26-51-25-27-53(54(79)42-51)78(82,83)84)69(104)91(9)58(44-63(100)95-35-32-77(80,81)33-36-95)67(102)87-76(30-19-20-31-76)75(110)94(12)65(52-23-17-18-24-52)74(109)93(11)60(72(107)96-37-39-113(111,112)40-38-96)45-62(99)90(8)57(41-47(2)3)66(101)86-64/h47-60,64-65H,13-46H2,1-12H3,(H,85,98)(H,86,101)(H,87,102)/t48-,49-,51?,53?,54?,55-,56-,57-,58-,59-,60-,64-,65-/m0/s1. The van der Waals surface area contributed by atoms with Gasteiger partial charge in [0.25, 0.3) is 5.92 Å². The molecule has 13 amide bonds. The van der Waals surface area contributed by atoms with Crippen LogP contribution in [0.25, 0.3) is 0 Å². The summed E-state index contributed by atoms with van der Waals surface area (Å²) in [6, 6.07) is -12.8. The molecule has 35 heteroatoms. The summed E-state index contributed by atoms with van der Waals surface area (Å²) in [5, 5.41) is 7.17. The number of rotatable bonds is 13. The Labute approximate surface area is 667 Å². The fourth-order valence-corrected chi connectivity index (χ4v) is 19.8. The molecule has 8 aliphatic rings. The molecule has 4 aliphatic heterocycles. The van der Waals surface area contributed by atoms with Gasteiger partial charge < -0.3 is 64.9 Å². The third-order valence-electron chi connectivity index (χ3n) is 26.0. The second-order valence-corrected chi connectivity index (χ2v) is 37.0. The molecule has 113 heavy (non-hydrogen) atoms. The molecule has 0 aromatic heterocycles. The van der Waals surface area contributed by atoms with Gasteiger partial charge in [0.05, 0.1) is 36.8 Å². The molecule has 0 radical (unpaired) electrons. The summed E-state index contributed by atoms with van der Waals surface area (Å²) in [5.41, 5.74) is -1.89. The Bertz CT molecular complexity index is 3560. The molecular weight excluding hydrogens is 1520 g/mol. The van der Waals surface area contributed by atoms with Crippen LogP contribution in [0.2, 0.25) is 0 Å². The van der Waals surface area contributed by atoms with E-state index in [9.17, 15) is 54.3 Å². The van der Waals surface area contributed by atoms with Crippen LogP contribution in [0.4, 0.5) is 22.0 Å². The predicted octanol–water partition coefficient (Wildman–Crippen LogP) is 5.35. The van der Waals surface area contributed by atoms with E-state index in [0.29, 0.717) is 44.9 Å². The number of amides is 13. The minimum absolute atomic E-state index is 0.00622. The van der Waals surface area contributed by atoms with E-state index in [1.807, 2.05) is 0 Å². The maximum Gasteiger partial charge on any atom is 0.393 e. The van der Waals surface area contributed by atoms with E-state index in [0.717, 1.165) is 56.6 Å². The molecule has 8 rings (SSSR count). The van der Waals surface area contributed by atoms with Crippen molar-refractivity contribution in [3.63, 3.8) is 0 Å². The van der Waals surface area contributed by atoms with Crippen LogP contribution in [0.1, 0.15) is 202 Å². The first-order valence-corrected chi connectivity index (χ1v) is 43.1. The van der Waals surface area contributed by atoms with Gasteiger partial charge in [-0.3, -0.25) is 62.3 Å². The van der Waals surface area contributed by atoms with E-state index >= 15 is 38.4 Å². The molecule has 0 aromatic rings. The summed E-state index contributed by atoms with van der Waals surface area (Å²) in [6.07, 6.45) is -1.08. The molecule has 8 fully saturated rings. The van der Waals surface area contributed by atoms with Crippen LogP contribution >= 0.6 is 11.6 Å². The Morgan fingerprint density at radius 3 is 1.77 bits per heavy atom. The minimum Gasteiger partial charge on any atom is -0.343 e. The number of likely N-dealkylation sites (tertiary alicyclic amines) is 1. The topological polar surface area (TPSA) is 325 Å². The van der Waals surface area contributed by atoms with Crippen molar-refractivity contribution >= 4 is 98.2 Å². The third-order valence-corrected chi connectivity index (χ3v) is 28.1. The average molecular weight is 1650 g/mol. The van der Waals surface area contributed by atoms with Gasteiger partial charge in [0.1, 0.15) is 59.9 Å². The summed E-state index contributed by atoms with van der Waals surface area (Å²) >= 11 is 6.43. The van der Waals surface area contributed by atoms with E-state index in [1.165, 1.54) is 80.8 Å². The van der Waals surface area contributed by atoms with Crippen molar-refractivity contribution in [2.45, 2.75) is 279 Å². The predicted molar refractivity (Wildman–Crippen MR) is 409 cm³/mol. The number of hydrogen-bond donors (Lipinski definition) is 3. The third kappa shape index (κ3) is 22.4. The maximum absolute atomic E-state index is 16.0. The number of nitrogens with one attached hydrogen (secondary N) is 3. The van der Waals surface area contributed by atoms with Crippen LogP contribution in [0.3, 0.4) is 0 Å². The van der Waals surface area contributed by atoms with Crippen molar-refractivity contribution in [3.05, 3.63) is 0 Å². The fraction of sp³-hybridized carbons (Fsp3) is 0.833. The molecule has 4 saturated carbocycles. The summed E-state index contributed by atoms with van der Waals surface area (Å²) < 4.78 is 97.7. The van der Waals surface area contributed by atoms with E-state index in [4.69, 9.17) is 11.6 Å². The normalized spacial score (nSPS) is 30.9. The number of nitrogens with zero attached hydrogens (tertiary/aromatic N) is 10. The van der Waals surface area contributed by atoms with Crippen LogP contribution < -0.4 is 16.0 Å². The van der Waals surface area contributed by atoms with Crippen LogP contribution in [0.5, 0.6) is 0 Å². The zero-order chi connectivity index (χ0) is 83.7. The van der Waals surface area contributed by atoms with Crippen molar-refractivity contribution in [2.75, 3.05) is 100 Å². The van der Waals surface area contributed by atoms with Crippen molar-refractivity contribution in [3.8, 4) is 0 Å². The van der Waals surface area contributed by atoms with Gasteiger partial charge in [0, 0.05) is 100 Å². The number of hydrogen-bond acceptors (Lipinski definition) is 15. The van der Waals surface area contributed by atoms with E-state index < -0.39 is 245 Å². The highest BCUT2D eigenvalue weighted by Crippen LogP contribution is 2.44. The number of carbonyl (C=O) groups excluding carboxylic acids is 13. The van der Waals surface area contributed by atoms with Gasteiger partial charge in [-0.2, -0.15) is 13.2 Å². The highest BCUT2D eigenvalue weighted by molar-refractivity contribution is 7.91. The second kappa shape index (κ2) is 38.8. The Morgan fingerprint density at radius 2 is 1.20 bits per heavy atom. The van der Waals surface area contributed by atoms with Crippen LogP contribution in [0.15, 0.2) is 0 Å². The first kappa shape index (κ1) is 91.5. The summed E-state index contributed by atoms with van der Waals surface area (Å²) in [7, 11) is 5.71. The lowest BCUT2D eigenvalue weighted by Gasteiger charge is -2.45. The Hall–Kier alpha value is -7.00. The Morgan fingerprint density at radius 1 is 0.602 bits per heavy atom. The summed E-state index contributed by atoms with van der Waals surface area (Å²) in [6.45, 7) is 6.50. The van der Waals surface area contributed by atoms with Gasteiger partial charge >= 0.3 is 6.18 Å². The Kier molecular flexibility index (Phi) is 31.5. The monoisotopic (exact) mass is 1640 g/mol. The molecule has 638 valence electrons. The quantitative estimate of drug-likeness (QED) is 0.155. The molecule has 0 bridgehead atoms. The van der Waals surface area contributed by atoms with E-state index in [2.05, 4.69) is 16.0 Å². The lowest BCUT2D eigenvalue weighted by atomic mass is 9.78. The molecule has 4 saturated heterocycles. The minimum atomic E-state index is -4.61. The van der Waals surface area contributed by atoms with Crippen LogP contribution in [0, 0.1) is 35.5 Å². The molecule has 4 heterocycles. The first-order valence-electron chi connectivity index (χ1n) is 40.9. The number of sulfone groups is 1. The average Bonchev–Trinajstić information content (AvgIpc) is 1.64. The van der Waals surface area contributed by atoms with Gasteiger partial charge in [-0.25, -0.2) is 17.2 Å². The smallest absolute Gasteiger partial charge is 0.343 e. The number of carbonyl (C=O) groups is 13. The zero-order valence-electron chi connectivity index (χ0n) is 68.1. The van der Waals surface area contributed by atoms with Gasteiger partial charge in [-0.15, -0.1) is 11.6 Å². The lowest BCUT2D eigenvalue weighted by molar-refractivity contribution is -0.182. The van der Waals surface area contributed by atoms with Gasteiger partial charge in [0.2, 0.25) is 76.8 Å². The molecular formula is C78H123ClF5N13O15S. The molecule has 3 N–H and O–H groups in total. The highest BCUT2D eigenvalue weighted by atomic mass is 35.5. The van der Waals surface area contributed by atoms with Crippen molar-refractivity contribution in [1.82, 2.24) is 64.9 Å². The molecule has 1 spiro atoms. The van der Waals surface area contributed by atoms with Crippen molar-refractivity contribution < 1.29 is 92.7 Å². The van der Waals surface area contributed by atoms with E-state index in [-0.39, 0.29) is 95.7 Å². The number of alkyl halides is 6. The van der Waals surface area contributed by atoms with Gasteiger partial charge in [-0.05, 0) is 114 Å². The fourth-order valence-electron chi connectivity index (χ4n) is 18.0. The lowest BCUT2D eigenvalue weighted by Crippen LogP contribution is -2.66. The van der Waals surface area contributed by atoms with Gasteiger partial charge in [0.15, 0.2) is 9.84 Å². The Balaban J connectivity index is 1.23. The molecule has 4 aliphatic carbocycles. The number of piperidine rings is 1. The summed E-state index contributed by atoms with van der Waals surface area (Å²) in [4.78, 5) is 210. The molecule has 28 nitrogen and oxygen atoms in total. The number of likely N-dealkylation sites (N-methyl/N-ethyl adjacent to an activating group) is 7. The summed E-state index contributed by atoms with van der Waals surface area (Å²) in [5.74, 6) is -18.3. The largest absolute Gasteiger partial charge is 0.393 e. The zero-order valence-corrected chi connectivity index (χ0v) is 69.6. The first-order chi connectivity index (χ1) is 52.9. The second-order valence-electron chi connectivity index (χ2n) is 34.2. The number of fused-ring (bicyclic) bond motifs is 1. The SMILES string of the molecule is CC[C@H](C)[C@@H]1NC(=O)[C@H](CC(C)C)N(C)C(=O)C[C@@H](C(=O)N2CCS(=O)(=O)CC2)N(C)C(=O)[C@H](C2CCCC2)N(C)C(=O)C2(CCCC2)NC(=O)[C@H](CC(=O)N2CCC(F)(F)CC2)N(C)C(=O)[C@H](CCC2CCC(C(F)(F)F)C(Cl)C2)NC(=O)CN(C)C(=O)[C@H](CC2CCCCC2)N(C)C(=O)[C@@H]2CCN2C(=O)[C@H](C)N(C)C1=O. The van der Waals surface area contributed by atoms with Crippen molar-refractivity contribution in [1.29, 1.82) is 0 Å². The van der Waals surface area contributed by atoms with Gasteiger partial charge in [-0.1, -0.05) is 91.9 Å². The van der Waals surface area contributed by atoms with Crippen LogP contribution in [-0.4, -0.2) is 312 Å². The number of halogens is 6. The molecule has 3 unspecified atom stereocenters. The maximum atomic E-state index is 16.0. The van der Waals surface area contributed by atoms with Crippen molar-refractivity contribution in [2.24, 2.45) is 35.5 Å². The highest BCUT2D eigenvalue weighted by Gasteiger charge is 2.54. The molecule has 13 atom stereocenters. The van der Waals surface area contributed by atoms with Crippen LogP contribution in [-0.2, 0) is 72.2 Å². The van der Waals surface area contributed by atoms with E-state index in [1.54, 1.807) is 27.7 Å².